The summed E-state index contributed by atoms with van der Waals surface area (Å²) < 4.78 is 40.0. The van der Waals surface area contributed by atoms with Gasteiger partial charge < -0.3 is 14.8 Å². The summed E-state index contributed by atoms with van der Waals surface area (Å²) in [7, 11) is -3.89. The summed E-state index contributed by atoms with van der Waals surface area (Å²) in [5.74, 6) is 0.725. The lowest BCUT2D eigenvalue weighted by atomic mass is 10.1. The fourth-order valence-corrected chi connectivity index (χ4v) is 5.45. The summed E-state index contributed by atoms with van der Waals surface area (Å²) in [6, 6.07) is 17.9. The number of nitrogens with one attached hydrogen (secondary N) is 1. The summed E-state index contributed by atoms with van der Waals surface area (Å²) in [6.07, 6.45) is -0.995. The first-order valence-corrected chi connectivity index (χ1v) is 12.9. The molecule has 35 heavy (non-hydrogen) atoms. The van der Waals surface area contributed by atoms with Crippen molar-refractivity contribution in [2.45, 2.75) is 38.7 Å². The van der Waals surface area contributed by atoms with Crippen LogP contribution in [0.1, 0.15) is 22.3 Å². The lowest BCUT2D eigenvalue weighted by molar-refractivity contribution is -0.127. The second-order valence-electron chi connectivity index (χ2n) is 8.84. The zero-order valence-corrected chi connectivity index (χ0v) is 21.2. The Bertz CT molecular complexity index is 1340. The van der Waals surface area contributed by atoms with Gasteiger partial charge in [-0.2, -0.15) is 0 Å². The number of fused-ring (bicyclic) bond motifs is 1. The number of benzene rings is 3. The number of nitrogens with zero attached hydrogens (tertiary/aromatic N) is 1. The van der Waals surface area contributed by atoms with E-state index in [0.29, 0.717) is 11.4 Å². The zero-order chi connectivity index (χ0) is 25.2. The highest BCUT2D eigenvalue weighted by Gasteiger charge is 2.37. The molecular formula is C27H30N2O5S. The Morgan fingerprint density at radius 2 is 1.63 bits per heavy atom. The van der Waals surface area contributed by atoms with Crippen LogP contribution in [0.4, 0.5) is 5.69 Å². The van der Waals surface area contributed by atoms with Crippen LogP contribution in [-0.2, 0) is 14.8 Å². The van der Waals surface area contributed by atoms with Crippen LogP contribution in [0.3, 0.4) is 0 Å². The van der Waals surface area contributed by atoms with Crippen LogP contribution in [0.15, 0.2) is 65.6 Å². The van der Waals surface area contributed by atoms with Crippen molar-refractivity contribution in [1.82, 2.24) is 5.32 Å². The number of carbonyl (C=O) groups is 1. The SMILES string of the molecule is Cc1ccc(S(=O)(=O)N2C[C@@H](C(=O)NCCOc3ccc(C)cc3C)Oc3cc(C)ccc32)cc1. The Labute approximate surface area is 206 Å². The molecule has 0 saturated carbocycles. The molecule has 0 aromatic heterocycles. The van der Waals surface area contributed by atoms with Gasteiger partial charge in [0.15, 0.2) is 6.10 Å². The van der Waals surface area contributed by atoms with Crippen LogP contribution in [0, 0.1) is 27.7 Å². The van der Waals surface area contributed by atoms with Crippen molar-refractivity contribution < 1.29 is 22.7 Å². The second-order valence-corrected chi connectivity index (χ2v) is 10.7. The molecule has 1 N–H and O–H groups in total. The van der Waals surface area contributed by atoms with E-state index in [1.165, 1.54) is 4.31 Å². The second kappa shape index (κ2) is 10.00. The van der Waals surface area contributed by atoms with E-state index in [1.54, 1.807) is 36.4 Å². The average molecular weight is 495 g/mol. The van der Waals surface area contributed by atoms with Gasteiger partial charge in [-0.25, -0.2) is 8.42 Å². The minimum atomic E-state index is -3.89. The van der Waals surface area contributed by atoms with Crippen LogP contribution >= 0.6 is 0 Å². The first kappa shape index (κ1) is 24.6. The van der Waals surface area contributed by atoms with Crippen molar-refractivity contribution in [2.24, 2.45) is 0 Å². The zero-order valence-electron chi connectivity index (χ0n) is 20.4. The van der Waals surface area contributed by atoms with Crippen molar-refractivity contribution in [2.75, 3.05) is 24.0 Å². The van der Waals surface area contributed by atoms with Crippen LogP contribution in [-0.4, -0.2) is 40.1 Å². The van der Waals surface area contributed by atoms with E-state index in [9.17, 15) is 13.2 Å². The molecule has 0 bridgehead atoms. The molecule has 0 aliphatic carbocycles. The maximum atomic E-state index is 13.5. The molecule has 0 fully saturated rings. The average Bonchev–Trinajstić information content (AvgIpc) is 2.82. The van der Waals surface area contributed by atoms with E-state index in [2.05, 4.69) is 5.32 Å². The van der Waals surface area contributed by atoms with E-state index in [0.717, 1.165) is 28.0 Å². The Morgan fingerprint density at radius 3 is 2.34 bits per heavy atom. The van der Waals surface area contributed by atoms with Gasteiger partial charge in [-0.05, 0) is 69.2 Å². The third-order valence-electron chi connectivity index (χ3n) is 5.88. The van der Waals surface area contributed by atoms with Crippen molar-refractivity contribution in [3.63, 3.8) is 0 Å². The van der Waals surface area contributed by atoms with Crippen LogP contribution in [0.25, 0.3) is 0 Å². The number of carbonyl (C=O) groups excluding carboxylic acids is 1. The molecule has 1 amide bonds. The number of sulfonamides is 1. The van der Waals surface area contributed by atoms with E-state index in [4.69, 9.17) is 9.47 Å². The van der Waals surface area contributed by atoms with Crippen LogP contribution < -0.4 is 19.1 Å². The lowest BCUT2D eigenvalue weighted by Crippen LogP contribution is -2.51. The normalized spacial score (nSPS) is 15.2. The number of amides is 1. The predicted octanol–water partition coefficient (Wildman–Crippen LogP) is 4.07. The highest BCUT2D eigenvalue weighted by atomic mass is 32.2. The van der Waals surface area contributed by atoms with E-state index in [1.807, 2.05) is 52.0 Å². The summed E-state index contributed by atoms with van der Waals surface area (Å²) in [4.78, 5) is 13.1. The van der Waals surface area contributed by atoms with Crippen molar-refractivity contribution in [1.29, 1.82) is 0 Å². The number of aryl methyl sites for hydroxylation is 4. The van der Waals surface area contributed by atoms with Gasteiger partial charge in [0.1, 0.15) is 18.1 Å². The lowest BCUT2D eigenvalue weighted by Gasteiger charge is -2.35. The molecular weight excluding hydrogens is 464 g/mol. The molecule has 3 aromatic rings. The molecule has 4 rings (SSSR count). The first-order valence-electron chi connectivity index (χ1n) is 11.5. The molecule has 7 nitrogen and oxygen atoms in total. The highest BCUT2D eigenvalue weighted by molar-refractivity contribution is 7.92. The topological polar surface area (TPSA) is 84.9 Å². The van der Waals surface area contributed by atoms with Crippen LogP contribution in [0.2, 0.25) is 0 Å². The molecule has 0 saturated heterocycles. The maximum Gasteiger partial charge on any atom is 0.264 e. The highest BCUT2D eigenvalue weighted by Crippen LogP contribution is 2.37. The maximum absolute atomic E-state index is 13.5. The van der Waals surface area contributed by atoms with E-state index >= 15 is 0 Å². The monoisotopic (exact) mass is 494 g/mol. The molecule has 1 heterocycles. The fraction of sp³-hybridized carbons (Fsp3) is 0.296. The predicted molar refractivity (Wildman–Crippen MR) is 136 cm³/mol. The smallest absolute Gasteiger partial charge is 0.264 e. The van der Waals surface area contributed by atoms with Crippen molar-refractivity contribution in [3.8, 4) is 11.5 Å². The minimum Gasteiger partial charge on any atom is -0.491 e. The van der Waals surface area contributed by atoms with Gasteiger partial charge in [0.05, 0.1) is 23.7 Å². The Morgan fingerprint density at radius 1 is 0.971 bits per heavy atom. The van der Waals surface area contributed by atoms with Gasteiger partial charge in [-0.1, -0.05) is 41.5 Å². The molecule has 184 valence electrons. The number of hydrogen-bond donors (Lipinski definition) is 1. The third-order valence-corrected chi connectivity index (χ3v) is 7.67. The first-order chi connectivity index (χ1) is 16.6. The molecule has 1 aliphatic rings. The van der Waals surface area contributed by atoms with E-state index in [-0.39, 0.29) is 24.6 Å². The Balaban J connectivity index is 1.48. The number of rotatable bonds is 7. The fourth-order valence-electron chi connectivity index (χ4n) is 3.97. The van der Waals surface area contributed by atoms with Crippen LogP contribution in [0.5, 0.6) is 11.5 Å². The molecule has 1 atom stereocenters. The summed E-state index contributed by atoms with van der Waals surface area (Å²) >= 11 is 0. The summed E-state index contributed by atoms with van der Waals surface area (Å²) in [5.41, 5.74) is 4.45. The van der Waals surface area contributed by atoms with E-state index < -0.39 is 22.0 Å². The summed E-state index contributed by atoms with van der Waals surface area (Å²) in [6.45, 7) is 8.18. The number of anilines is 1. The molecule has 0 unspecified atom stereocenters. The quantitative estimate of drug-likeness (QED) is 0.501. The Kier molecular flexibility index (Phi) is 7.03. The molecule has 3 aromatic carbocycles. The van der Waals surface area contributed by atoms with Gasteiger partial charge in [-0.15, -0.1) is 0 Å². The molecule has 0 spiro atoms. The molecule has 0 radical (unpaired) electrons. The number of hydrogen-bond acceptors (Lipinski definition) is 5. The molecule has 8 heteroatoms. The van der Waals surface area contributed by atoms with Crippen molar-refractivity contribution in [3.05, 3.63) is 82.9 Å². The largest absolute Gasteiger partial charge is 0.491 e. The number of ether oxygens (including phenoxy) is 2. The molecule has 1 aliphatic heterocycles. The van der Waals surface area contributed by atoms with Gasteiger partial charge in [-0.3, -0.25) is 9.10 Å². The van der Waals surface area contributed by atoms with Crippen molar-refractivity contribution >= 4 is 21.6 Å². The standard InChI is InChI=1S/C27H30N2O5S/c1-18-5-9-22(10-6-18)35(31,32)29-17-26(34-25-16-20(3)7-11-23(25)29)27(30)28-13-14-33-24-12-8-19(2)15-21(24)4/h5-12,15-16,26H,13-14,17H2,1-4H3,(H,28,30)/t26-/m0/s1. The van der Waals surface area contributed by atoms with Gasteiger partial charge in [0.2, 0.25) is 0 Å². The third kappa shape index (κ3) is 5.43. The Hall–Kier alpha value is -3.52. The minimum absolute atomic E-state index is 0.129. The van der Waals surface area contributed by atoms with Gasteiger partial charge in [0.25, 0.3) is 15.9 Å². The van der Waals surface area contributed by atoms with Gasteiger partial charge in [0, 0.05) is 0 Å². The van der Waals surface area contributed by atoms with Gasteiger partial charge >= 0.3 is 0 Å². The summed E-state index contributed by atoms with van der Waals surface area (Å²) in [5, 5.41) is 2.81.